The summed E-state index contributed by atoms with van der Waals surface area (Å²) in [7, 11) is -1.88. The summed E-state index contributed by atoms with van der Waals surface area (Å²) < 4.78 is 60.6. The molecule has 4 aliphatic rings. The molecule has 5 aromatic rings. The van der Waals surface area contributed by atoms with E-state index in [-0.39, 0.29) is 66.8 Å². The second-order valence-electron chi connectivity index (χ2n) is 18.4. The van der Waals surface area contributed by atoms with E-state index in [2.05, 4.69) is 26.6 Å². The van der Waals surface area contributed by atoms with E-state index in [9.17, 15) is 36.9 Å². The minimum atomic E-state index is -4.76. The third-order valence-corrected chi connectivity index (χ3v) is 14.5. The summed E-state index contributed by atoms with van der Waals surface area (Å²) in [6.45, 7) is 3.55. The number of nitrogens with one attached hydrogen (secondary N) is 5. The molecule has 0 radical (unpaired) electrons. The van der Waals surface area contributed by atoms with Crippen molar-refractivity contribution in [1.29, 1.82) is 0 Å². The highest BCUT2D eigenvalue weighted by atomic mass is 32.2. The van der Waals surface area contributed by atoms with Gasteiger partial charge in [-0.25, -0.2) is 0 Å². The van der Waals surface area contributed by atoms with Gasteiger partial charge < -0.3 is 55.3 Å². The van der Waals surface area contributed by atoms with Gasteiger partial charge in [0.25, 0.3) is 21.9 Å². The van der Waals surface area contributed by atoms with Gasteiger partial charge in [0.1, 0.15) is 19.3 Å². The summed E-state index contributed by atoms with van der Waals surface area (Å²) in [5, 5.41) is 12.8. The van der Waals surface area contributed by atoms with Crippen LogP contribution in [0.3, 0.4) is 0 Å². The molecule has 0 aromatic heterocycles. The summed E-state index contributed by atoms with van der Waals surface area (Å²) >= 11 is 0. The number of unbranched alkanes of at least 4 members (excludes halogenated alkanes) is 2. The number of carbonyl (C=O) groups is 5. The molecule has 0 aliphatic carbocycles. The van der Waals surface area contributed by atoms with Crippen LogP contribution < -0.4 is 55.3 Å². The number of para-hydroxylation sites is 2. The lowest BCUT2D eigenvalue weighted by atomic mass is 10.1. The van der Waals surface area contributed by atoms with Crippen LogP contribution >= 0.6 is 0 Å². The molecule has 20 heteroatoms. The molecular formula is C53H57N7O12S. The van der Waals surface area contributed by atoms with Crippen LogP contribution in [0.25, 0.3) is 0 Å². The average molecular weight is 1020 g/mol. The van der Waals surface area contributed by atoms with Crippen molar-refractivity contribution < 1.29 is 55.9 Å². The molecule has 3 unspecified atom stereocenters. The standard InChI is InChI=1S/C53H57N7O12S/c1-5-6-7-16-48(61)55-27-49(62)56-30(2)50(63)57-35-18-31(28-71-46-24-39-37(22-44(46)69-3)52(64)59-36(26-54-39)20-33-12-8-10-14-41(33)59)17-32(19-35)29-72-47-25-40-38(23-45(47)70-4)53(65)60-42-15-11-9-13-34(42)21-43(60)51(58-40)73(66,67)68/h8-15,17-19,22-25,30,36,43,51,54,58H,5-7,16,20-21,26-29H2,1-4H3,(H,55,61)(H,56,62)(H,57,63)(H,66,67,68)/t30?,36?,43?,51-/m1/s1. The fourth-order valence-electron chi connectivity index (χ4n) is 9.84. The van der Waals surface area contributed by atoms with Crippen molar-refractivity contribution in [1.82, 2.24) is 10.6 Å². The number of hydrogen-bond acceptors (Lipinski definition) is 13. The quantitative estimate of drug-likeness (QED) is 0.0423. The highest BCUT2D eigenvalue weighted by Crippen LogP contribution is 2.44. The van der Waals surface area contributed by atoms with Gasteiger partial charge in [-0.2, -0.15) is 8.42 Å². The number of benzene rings is 5. The maximum Gasteiger partial charge on any atom is 0.288 e. The number of methoxy groups -OCH3 is 2. The Balaban J connectivity index is 0.973. The molecule has 4 atom stereocenters. The van der Waals surface area contributed by atoms with Crippen molar-refractivity contribution in [3.63, 3.8) is 0 Å². The van der Waals surface area contributed by atoms with E-state index in [0.717, 1.165) is 29.7 Å². The van der Waals surface area contributed by atoms with E-state index in [4.69, 9.17) is 18.9 Å². The highest BCUT2D eigenvalue weighted by molar-refractivity contribution is 7.86. The van der Waals surface area contributed by atoms with Crippen LogP contribution in [0, 0.1) is 0 Å². The zero-order valence-electron chi connectivity index (χ0n) is 40.8. The van der Waals surface area contributed by atoms with E-state index in [0.29, 0.717) is 71.1 Å². The molecule has 0 spiro atoms. The number of fused-ring (bicyclic) bond motifs is 8. The largest absolute Gasteiger partial charge is 0.493 e. The first-order chi connectivity index (χ1) is 35.1. The van der Waals surface area contributed by atoms with Crippen molar-refractivity contribution in [2.45, 2.75) is 89.1 Å². The molecule has 5 amide bonds. The molecule has 9 rings (SSSR count). The third-order valence-electron chi connectivity index (χ3n) is 13.4. The molecule has 0 bridgehead atoms. The first-order valence-electron chi connectivity index (χ1n) is 24.1. The van der Waals surface area contributed by atoms with Gasteiger partial charge in [-0.05, 0) is 90.9 Å². The first kappa shape index (κ1) is 50.1. The number of hydrogen-bond donors (Lipinski definition) is 6. The average Bonchev–Trinajstić information content (AvgIpc) is 3.88. The smallest absolute Gasteiger partial charge is 0.288 e. The topological polar surface area (TPSA) is 243 Å². The Bertz CT molecular complexity index is 3110. The molecule has 5 aromatic carbocycles. The monoisotopic (exact) mass is 1020 g/mol. The lowest BCUT2D eigenvalue weighted by Gasteiger charge is -2.27. The number of carbonyl (C=O) groups excluding carboxylic acids is 5. The fourth-order valence-corrected chi connectivity index (χ4v) is 10.7. The highest BCUT2D eigenvalue weighted by Gasteiger charge is 2.47. The van der Waals surface area contributed by atoms with Gasteiger partial charge >= 0.3 is 0 Å². The maximum absolute atomic E-state index is 14.3. The van der Waals surface area contributed by atoms with Gasteiger partial charge in [0.05, 0.1) is 55.3 Å². The molecular weight excluding hydrogens is 959 g/mol. The van der Waals surface area contributed by atoms with Crippen LogP contribution in [0.1, 0.15) is 82.5 Å². The molecule has 382 valence electrons. The lowest BCUT2D eigenvalue weighted by molar-refractivity contribution is -0.128. The zero-order chi connectivity index (χ0) is 51.6. The van der Waals surface area contributed by atoms with Crippen LogP contribution in [-0.4, -0.2) is 93.3 Å². The van der Waals surface area contributed by atoms with E-state index < -0.39 is 45.3 Å². The Hall–Kier alpha value is -7.84. The molecule has 0 fully saturated rings. The minimum absolute atomic E-state index is 0.0574. The van der Waals surface area contributed by atoms with Gasteiger partial charge in [0, 0.05) is 42.2 Å². The first-order valence-corrected chi connectivity index (χ1v) is 25.6. The van der Waals surface area contributed by atoms with Crippen LogP contribution in [0.2, 0.25) is 0 Å². The van der Waals surface area contributed by atoms with Gasteiger partial charge in [0.15, 0.2) is 28.4 Å². The molecule has 19 nitrogen and oxygen atoms in total. The number of nitrogens with zero attached hydrogens (tertiary/aromatic N) is 2. The third kappa shape index (κ3) is 10.6. The van der Waals surface area contributed by atoms with E-state index in [1.807, 2.05) is 36.1 Å². The second-order valence-corrected chi connectivity index (χ2v) is 20.0. The maximum atomic E-state index is 14.3. The Labute approximate surface area is 422 Å². The van der Waals surface area contributed by atoms with Gasteiger partial charge in [-0.1, -0.05) is 56.2 Å². The predicted octanol–water partition coefficient (Wildman–Crippen LogP) is 6.21. The normalized spacial score (nSPS) is 17.6. The summed E-state index contributed by atoms with van der Waals surface area (Å²) in [6.07, 6.45) is 3.75. The van der Waals surface area contributed by atoms with Gasteiger partial charge in [-0.15, -0.1) is 0 Å². The van der Waals surface area contributed by atoms with Crippen molar-refractivity contribution in [2.24, 2.45) is 0 Å². The Kier molecular flexibility index (Phi) is 14.5. The molecule has 6 N–H and O–H groups in total. The number of ether oxygens (including phenoxy) is 4. The van der Waals surface area contributed by atoms with E-state index in [1.54, 1.807) is 54.6 Å². The number of amides is 5. The van der Waals surface area contributed by atoms with Gasteiger partial charge in [-0.3, -0.25) is 28.5 Å². The molecule has 4 aliphatic heterocycles. The number of anilines is 5. The van der Waals surface area contributed by atoms with Crippen molar-refractivity contribution >= 4 is 68.1 Å². The zero-order valence-corrected chi connectivity index (χ0v) is 41.6. The summed E-state index contributed by atoms with van der Waals surface area (Å²) in [5.74, 6) is -1.08. The summed E-state index contributed by atoms with van der Waals surface area (Å²) in [5.41, 5.74) is 5.86. The molecule has 4 heterocycles. The fraction of sp³-hybridized carbons (Fsp3) is 0.340. The predicted molar refractivity (Wildman–Crippen MR) is 273 cm³/mol. The Morgan fingerprint density at radius 3 is 1.97 bits per heavy atom. The summed E-state index contributed by atoms with van der Waals surface area (Å²) in [4.78, 5) is 70.2. The summed E-state index contributed by atoms with van der Waals surface area (Å²) in [6, 6.07) is 24.3. The SMILES string of the molecule is CCCCCC(=O)NCC(=O)NC(C)C(=O)Nc1cc(COc2cc3c(cc2OC)C(=O)N2c4ccccc4CC2CN3)cc(COc2cc3c(cc2OC)C(=O)N2c4ccccc4CC2[C@@H](S(=O)(=O)O)N3)c1. The Morgan fingerprint density at radius 2 is 1.34 bits per heavy atom. The van der Waals surface area contributed by atoms with Crippen LogP contribution in [-0.2, 0) is 50.6 Å². The van der Waals surface area contributed by atoms with Crippen LogP contribution in [0.15, 0.2) is 91.0 Å². The molecule has 0 saturated carbocycles. The Morgan fingerprint density at radius 1 is 0.753 bits per heavy atom. The van der Waals surface area contributed by atoms with Crippen molar-refractivity contribution in [2.75, 3.05) is 53.1 Å². The minimum Gasteiger partial charge on any atom is -0.493 e. The van der Waals surface area contributed by atoms with Crippen LogP contribution in [0.4, 0.5) is 28.4 Å². The second kappa shape index (κ2) is 21.1. The number of rotatable bonds is 18. The molecule has 0 saturated heterocycles. The van der Waals surface area contributed by atoms with Crippen molar-refractivity contribution in [3.05, 3.63) is 124 Å². The van der Waals surface area contributed by atoms with Crippen LogP contribution in [0.5, 0.6) is 23.0 Å². The van der Waals surface area contributed by atoms with Gasteiger partial charge in [0.2, 0.25) is 17.7 Å². The lowest BCUT2D eigenvalue weighted by Crippen LogP contribution is -2.49. The van der Waals surface area contributed by atoms with E-state index >= 15 is 0 Å². The van der Waals surface area contributed by atoms with E-state index in [1.165, 1.54) is 38.2 Å². The molecule has 73 heavy (non-hydrogen) atoms. The van der Waals surface area contributed by atoms with Crippen molar-refractivity contribution in [3.8, 4) is 23.0 Å².